The van der Waals surface area contributed by atoms with E-state index in [4.69, 9.17) is 33.7 Å². The topological polar surface area (TPSA) is 62.1 Å². The van der Waals surface area contributed by atoms with Gasteiger partial charge < -0.3 is 15.8 Å². The summed E-state index contributed by atoms with van der Waals surface area (Å²) in [6, 6.07) is 12.6. The van der Waals surface area contributed by atoms with Gasteiger partial charge in [0.1, 0.15) is 0 Å². The van der Waals surface area contributed by atoms with Gasteiger partial charge in [0, 0.05) is 5.69 Å². The number of esters is 1. The van der Waals surface area contributed by atoms with E-state index in [0.29, 0.717) is 15.7 Å². The van der Waals surface area contributed by atoms with Crippen LogP contribution in [0.2, 0.25) is 10.0 Å². The van der Waals surface area contributed by atoms with Crippen molar-refractivity contribution in [1.82, 2.24) is 0 Å². The first-order valence-electron chi connectivity index (χ1n) is 7.14. The van der Waals surface area contributed by atoms with Crippen LogP contribution in [-0.4, -0.2) is 18.6 Å². The average Bonchev–Trinajstić information content (AvgIpc) is 2.52. The van der Waals surface area contributed by atoms with E-state index in [1.807, 2.05) is 24.3 Å². The zero-order valence-corrected chi connectivity index (χ0v) is 21.4. The molecule has 0 heterocycles. The minimum atomic E-state index is -0.416. The number of para-hydroxylation sites is 2. The number of rotatable bonds is 6. The van der Waals surface area contributed by atoms with Crippen LogP contribution in [-0.2, 0) is 16.0 Å². The third-order valence-corrected chi connectivity index (χ3v) is 3.82. The van der Waals surface area contributed by atoms with Gasteiger partial charge in [0.15, 0.2) is 0 Å². The van der Waals surface area contributed by atoms with E-state index >= 15 is 0 Å². The molecule has 0 saturated heterocycles. The Hall–Kier alpha value is 0.302. The van der Waals surface area contributed by atoms with Crippen molar-refractivity contribution >= 4 is 40.5 Å². The van der Waals surface area contributed by atoms with Crippen molar-refractivity contribution in [3.63, 3.8) is 0 Å². The van der Waals surface area contributed by atoms with Crippen molar-refractivity contribution < 1.29 is 78.4 Å². The zero-order valence-electron chi connectivity index (χ0n) is 13.6. The molecule has 0 aliphatic carbocycles. The van der Waals surface area contributed by atoms with Crippen LogP contribution in [0.4, 0.5) is 11.4 Å². The normalized spacial score (nSPS) is 11.3. The largest absolute Gasteiger partial charge is 1.00 e. The second kappa shape index (κ2) is 11.1. The molecule has 2 aromatic rings. The Kier molecular flexibility index (Phi) is 10.3. The molecule has 24 heavy (non-hydrogen) atoms. The molecule has 0 spiro atoms. The average molecular weight is 485 g/mol. The molecule has 7 heteroatoms. The Morgan fingerprint density at radius 2 is 1.79 bits per heavy atom. The summed E-state index contributed by atoms with van der Waals surface area (Å²) in [5.74, 6) is -0.371. The third kappa shape index (κ3) is 6.55. The number of nitrogens with one attached hydrogen (secondary N) is 2. The summed E-state index contributed by atoms with van der Waals surface area (Å²) in [4.78, 5) is 11.9. The first-order valence-corrected chi connectivity index (χ1v) is 7.90. The molecule has 1 atom stereocenters. The molecular weight excluding hydrogens is 468 g/mol. The molecule has 0 radical (unpaired) electrons. The molecule has 122 valence electrons. The van der Waals surface area contributed by atoms with E-state index in [-0.39, 0.29) is 87.8 Å². The zero-order chi connectivity index (χ0) is 16.8. The van der Waals surface area contributed by atoms with Gasteiger partial charge >= 0.3 is 74.9 Å². The number of ether oxygens (including phenoxy) is 1. The van der Waals surface area contributed by atoms with Gasteiger partial charge in [0.25, 0.3) is 0 Å². The summed E-state index contributed by atoms with van der Waals surface area (Å²) >= 11 is 12.3. The van der Waals surface area contributed by atoms with E-state index in [2.05, 4.69) is 5.32 Å². The molecule has 0 amide bonds. The maximum Gasteiger partial charge on any atom is 1.00 e. The Balaban J connectivity index is 0.00000288. The Morgan fingerprint density at radius 3 is 2.42 bits per heavy atom. The van der Waals surface area contributed by atoms with Crippen LogP contribution < -0.4 is 74.2 Å². The van der Waals surface area contributed by atoms with Gasteiger partial charge in [0.05, 0.1) is 28.3 Å². The molecule has 0 aliphatic heterocycles. The third-order valence-electron chi connectivity index (χ3n) is 3.19. The molecule has 2 N–H and O–H groups in total. The van der Waals surface area contributed by atoms with Crippen molar-refractivity contribution in [3.8, 4) is 0 Å². The van der Waals surface area contributed by atoms with Crippen molar-refractivity contribution in [2.45, 2.75) is 19.4 Å². The summed E-state index contributed by atoms with van der Waals surface area (Å²) in [7, 11) is 0. The van der Waals surface area contributed by atoms with E-state index in [1.54, 1.807) is 25.1 Å². The van der Waals surface area contributed by atoms with E-state index < -0.39 is 6.10 Å². The summed E-state index contributed by atoms with van der Waals surface area (Å²) < 4.78 is 5.15. The van der Waals surface area contributed by atoms with Crippen LogP contribution in [0.15, 0.2) is 42.5 Å². The van der Waals surface area contributed by atoms with Crippen LogP contribution in [0.5, 0.6) is 0 Å². The molecule has 1 unspecified atom stereocenters. The first-order chi connectivity index (χ1) is 11.0. The maximum absolute atomic E-state index is 11.9. The van der Waals surface area contributed by atoms with Crippen LogP contribution in [0.3, 0.4) is 0 Å². The number of hydrogen-bond acceptors (Lipinski definition) is 3. The van der Waals surface area contributed by atoms with Gasteiger partial charge in [-0.05, 0) is 30.7 Å². The van der Waals surface area contributed by atoms with Gasteiger partial charge in [-0.15, -0.1) is 6.54 Å². The molecule has 0 saturated carbocycles. The summed E-state index contributed by atoms with van der Waals surface area (Å²) in [6.45, 7) is 1.74. The van der Waals surface area contributed by atoms with Crippen molar-refractivity contribution in [1.29, 1.82) is 0 Å². The van der Waals surface area contributed by atoms with Gasteiger partial charge in [-0.1, -0.05) is 47.5 Å². The summed E-state index contributed by atoms with van der Waals surface area (Å²) in [6.07, 6.45) is -0.309. The Labute approximate surface area is 210 Å². The van der Waals surface area contributed by atoms with E-state index in [9.17, 15) is 4.79 Å². The van der Waals surface area contributed by atoms with Gasteiger partial charge in [-0.3, -0.25) is 4.79 Å². The molecule has 0 aromatic heterocycles. The molecular formula is C17H17Cl2CsN2O2. The number of hydrogen-bond donors (Lipinski definition) is 1. The quantitative estimate of drug-likeness (QED) is 0.640. The minimum Gasteiger partial charge on any atom is -0.674 e. The molecule has 2 rings (SSSR count). The van der Waals surface area contributed by atoms with Crippen molar-refractivity contribution in [2.24, 2.45) is 0 Å². The van der Waals surface area contributed by atoms with Gasteiger partial charge in [-0.25, -0.2) is 0 Å². The van der Waals surface area contributed by atoms with Crippen LogP contribution in [0, 0.1) is 0 Å². The predicted octanol–water partition coefficient (Wildman–Crippen LogP) is 2.27. The summed E-state index contributed by atoms with van der Waals surface area (Å²) in [5.41, 5.74) is 9.30. The summed E-state index contributed by atoms with van der Waals surface area (Å²) in [5, 5.41) is 4.17. The second-order valence-electron chi connectivity index (χ2n) is 5.06. The fraction of sp³-hybridized carbons (Fsp3) is 0.235. The fourth-order valence-electron chi connectivity index (χ4n) is 2.01. The number of anilines is 2. The van der Waals surface area contributed by atoms with E-state index in [1.165, 1.54) is 0 Å². The van der Waals surface area contributed by atoms with Crippen molar-refractivity contribution in [2.75, 3.05) is 11.9 Å². The van der Waals surface area contributed by atoms with Crippen molar-refractivity contribution in [3.05, 3.63) is 63.8 Å². The number of benzene rings is 2. The Bertz CT molecular complexity index is 678. The monoisotopic (exact) mass is 484 g/mol. The van der Waals surface area contributed by atoms with Gasteiger partial charge in [-0.2, -0.15) is 0 Å². The smallest absolute Gasteiger partial charge is 0.674 e. The minimum absolute atomic E-state index is 0. The second-order valence-corrected chi connectivity index (χ2v) is 5.87. The van der Waals surface area contributed by atoms with E-state index in [0.717, 1.165) is 11.3 Å². The number of carbonyl (C=O) groups is 1. The Morgan fingerprint density at radius 1 is 1.17 bits per heavy atom. The van der Waals surface area contributed by atoms with Crippen LogP contribution in [0.1, 0.15) is 12.5 Å². The predicted molar refractivity (Wildman–Crippen MR) is 94.6 cm³/mol. The molecule has 0 aliphatic rings. The number of halogens is 2. The van der Waals surface area contributed by atoms with Gasteiger partial charge in [0.2, 0.25) is 0 Å². The number of carbonyl (C=O) groups excluding carboxylic acids is 1. The molecule has 0 bridgehead atoms. The fourth-order valence-corrected chi connectivity index (χ4v) is 2.50. The molecule has 4 nitrogen and oxygen atoms in total. The first kappa shape index (κ1) is 22.3. The van der Waals surface area contributed by atoms with Crippen LogP contribution >= 0.6 is 23.2 Å². The standard InChI is InChI=1S/C17H17Cl2N2O2.Cs/c1-11(10-20)23-16(22)9-12-5-2-3-8-15(12)21-17-13(18)6-4-7-14(17)19;/h2-8,11,20-21H,9-10H2,1H3;/q-1;+1. The molecule has 2 aromatic carbocycles. The van der Waals surface area contributed by atoms with Crippen LogP contribution in [0.25, 0.3) is 5.73 Å². The molecule has 0 fully saturated rings. The SMILES string of the molecule is CC(C[NH-])OC(=O)Cc1ccccc1Nc1c(Cl)cccc1Cl.[Cs+]. The maximum atomic E-state index is 11.9.